The number of benzene rings is 1. The van der Waals surface area contributed by atoms with Gasteiger partial charge in [-0.05, 0) is 53.7 Å². The number of ether oxygens (including phenoxy) is 1. The Kier molecular flexibility index (Phi) is 9.48. The van der Waals surface area contributed by atoms with Gasteiger partial charge in [0.25, 0.3) is 0 Å². The molecule has 0 saturated heterocycles. The fourth-order valence-electron chi connectivity index (χ4n) is 2.11. The first kappa shape index (κ1) is 25.3. The Balaban J connectivity index is 3.20. The number of oxime groups is 1. The number of nitrogens with zero attached hydrogens (tertiary/aromatic N) is 1. The van der Waals surface area contributed by atoms with Crippen molar-refractivity contribution >= 4 is 29.4 Å². The van der Waals surface area contributed by atoms with E-state index in [0.29, 0.717) is 0 Å². The van der Waals surface area contributed by atoms with E-state index < -0.39 is 47.8 Å². The topological polar surface area (TPSA) is 118 Å². The van der Waals surface area contributed by atoms with Crippen molar-refractivity contribution in [2.24, 2.45) is 5.16 Å². The molecule has 9 nitrogen and oxygen atoms in total. The van der Waals surface area contributed by atoms with E-state index in [1.165, 1.54) is 12.1 Å². The second-order valence-electron chi connectivity index (χ2n) is 6.68. The molecule has 0 amide bonds. The zero-order chi connectivity index (χ0) is 22.2. The fraction of sp³-hybridized carbons (Fsp3) is 0.556. The van der Waals surface area contributed by atoms with Crippen molar-refractivity contribution in [3.05, 3.63) is 29.8 Å². The SMILES string of the molecule is CCOC(=O)C(CP(=O)(OC(C)C)OC(C)C)=NOS(=O)(=O)c1ccc(C)cc1. The van der Waals surface area contributed by atoms with Crippen LogP contribution in [0, 0.1) is 6.92 Å². The van der Waals surface area contributed by atoms with E-state index in [1.54, 1.807) is 53.7 Å². The van der Waals surface area contributed by atoms with Crippen molar-refractivity contribution in [1.82, 2.24) is 0 Å². The van der Waals surface area contributed by atoms with Crippen LogP contribution in [0.1, 0.15) is 40.2 Å². The van der Waals surface area contributed by atoms with E-state index in [9.17, 15) is 17.8 Å². The lowest BCUT2D eigenvalue weighted by molar-refractivity contribution is -0.135. The Morgan fingerprint density at radius 2 is 1.59 bits per heavy atom. The Bertz CT molecular complexity index is 848. The number of carbonyl (C=O) groups is 1. The molecule has 1 rings (SSSR count). The van der Waals surface area contributed by atoms with Gasteiger partial charge in [0, 0.05) is 0 Å². The number of hydrogen-bond donors (Lipinski definition) is 0. The van der Waals surface area contributed by atoms with Crippen LogP contribution in [0.15, 0.2) is 34.3 Å². The summed E-state index contributed by atoms with van der Waals surface area (Å²) in [7, 11) is -8.12. The Hall–Kier alpha value is -1.74. The van der Waals surface area contributed by atoms with Gasteiger partial charge in [-0.3, -0.25) is 8.85 Å². The molecular weight excluding hydrogens is 421 g/mol. The highest BCUT2D eigenvalue weighted by molar-refractivity contribution is 7.86. The Morgan fingerprint density at radius 3 is 2.03 bits per heavy atom. The van der Waals surface area contributed by atoms with E-state index in [0.717, 1.165) is 5.56 Å². The largest absolute Gasteiger partial charge is 0.461 e. The number of esters is 1. The van der Waals surface area contributed by atoms with Crippen LogP contribution in [0.3, 0.4) is 0 Å². The standard InChI is InChI=1S/C18H28NO8PS/c1-7-24-18(20)17(12-28(21,25-13(2)3)26-14(4)5)19-27-29(22,23)16-10-8-15(6)9-11-16/h8-11,13-14H,7,12H2,1-6H3. The summed E-state index contributed by atoms with van der Waals surface area (Å²) in [4.78, 5) is 12.1. The quantitative estimate of drug-likeness (QED) is 0.217. The first-order valence-corrected chi connectivity index (χ1v) is 12.2. The lowest BCUT2D eigenvalue weighted by atomic mass is 10.2. The molecule has 0 N–H and O–H groups in total. The lowest BCUT2D eigenvalue weighted by Crippen LogP contribution is -2.25. The molecular formula is C18H28NO8PS. The highest BCUT2D eigenvalue weighted by Gasteiger charge is 2.34. The van der Waals surface area contributed by atoms with Crippen LogP contribution in [-0.2, 0) is 37.5 Å². The molecule has 0 spiro atoms. The predicted molar refractivity (Wildman–Crippen MR) is 108 cm³/mol. The first-order chi connectivity index (χ1) is 13.4. The van der Waals surface area contributed by atoms with Crippen LogP contribution in [-0.4, -0.2) is 45.1 Å². The van der Waals surface area contributed by atoms with Crippen LogP contribution < -0.4 is 0 Å². The summed E-state index contributed by atoms with van der Waals surface area (Å²) in [5, 5.41) is 3.43. The van der Waals surface area contributed by atoms with E-state index in [2.05, 4.69) is 9.44 Å². The van der Waals surface area contributed by atoms with Crippen LogP contribution in [0.5, 0.6) is 0 Å². The van der Waals surface area contributed by atoms with Crippen LogP contribution in [0.2, 0.25) is 0 Å². The summed E-state index contributed by atoms with van der Waals surface area (Å²) in [6.45, 7) is 9.96. The summed E-state index contributed by atoms with van der Waals surface area (Å²) in [6, 6.07) is 5.87. The molecule has 1 aromatic carbocycles. The molecule has 0 atom stereocenters. The van der Waals surface area contributed by atoms with Gasteiger partial charge in [-0.25, -0.2) is 4.79 Å². The van der Waals surface area contributed by atoms with Gasteiger partial charge in [-0.2, -0.15) is 8.42 Å². The van der Waals surface area contributed by atoms with Gasteiger partial charge >= 0.3 is 23.7 Å². The molecule has 1 aromatic rings. The first-order valence-electron chi connectivity index (χ1n) is 9.08. The van der Waals surface area contributed by atoms with Crippen molar-refractivity contribution in [3.8, 4) is 0 Å². The van der Waals surface area contributed by atoms with Crippen molar-refractivity contribution < 1.29 is 35.8 Å². The van der Waals surface area contributed by atoms with Gasteiger partial charge in [0.2, 0.25) is 0 Å². The van der Waals surface area contributed by atoms with Crippen molar-refractivity contribution in [2.75, 3.05) is 12.8 Å². The lowest BCUT2D eigenvalue weighted by Gasteiger charge is -2.22. The smallest absolute Gasteiger partial charge is 0.358 e. The average Bonchev–Trinajstić information content (AvgIpc) is 2.57. The number of hydrogen-bond acceptors (Lipinski definition) is 9. The summed E-state index contributed by atoms with van der Waals surface area (Å²) in [5.74, 6) is -0.980. The molecule has 0 aliphatic heterocycles. The van der Waals surface area contributed by atoms with Crippen molar-refractivity contribution in [2.45, 2.75) is 58.6 Å². The van der Waals surface area contributed by atoms with Crippen molar-refractivity contribution in [1.29, 1.82) is 0 Å². The summed E-state index contributed by atoms with van der Waals surface area (Å²) < 4.78 is 58.0. The molecule has 0 saturated carbocycles. The van der Waals surface area contributed by atoms with Crippen LogP contribution in [0.4, 0.5) is 0 Å². The minimum atomic E-state index is -4.29. The molecule has 11 heteroatoms. The number of rotatable bonds is 11. The minimum Gasteiger partial charge on any atom is -0.461 e. The van der Waals surface area contributed by atoms with Gasteiger partial charge < -0.3 is 13.8 Å². The zero-order valence-corrected chi connectivity index (χ0v) is 19.2. The van der Waals surface area contributed by atoms with Gasteiger partial charge in [-0.1, -0.05) is 22.9 Å². The summed E-state index contributed by atoms with van der Waals surface area (Å²) in [5.41, 5.74) is 0.337. The normalized spacial score (nSPS) is 13.0. The van der Waals surface area contributed by atoms with Gasteiger partial charge in [0.15, 0.2) is 5.71 Å². The van der Waals surface area contributed by atoms with Crippen LogP contribution in [0.25, 0.3) is 0 Å². The van der Waals surface area contributed by atoms with Crippen LogP contribution >= 0.6 is 7.60 Å². The summed E-state index contributed by atoms with van der Waals surface area (Å²) in [6.07, 6.45) is -1.55. The highest BCUT2D eigenvalue weighted by Crippen LogP contribution is 2.50. The van der Waals surface area contributed by atoms with Gasteiger partial charge in [0.05, 0.1) is 18.8 Å². The molecule has 164 valence electrons. The van der Waals surface area contributed by atoms with E-state index in [-0.39, 0.29) is 11.5 Å². The molecule has 0 aliphatic carbocycles. The maximum atomic E-state index is 13.0. The van der Waals surface area contributed by atoms with E-state index in [1.807, 2.05) is 0 Å². The second-order valence-corrected chi connectivity index (χ2v) is 10.2. The molecule has 0 unspecified atom stereocenters. The summed E-state index contributed by atoms with van der Waals surface area (Å²) >= 11 is 0. The minimum absolute atomic E-state index is 0.00292. The third kappa shape index (κ3) is 8.65. The molecule has 0 bridgehead atoms. The molecule has 0 radical (unpaired) electrons. The molecule has 0 aliphatic rings. The highest BCUT2D eigenvalue weighted by atomic mass is 32.2. The Morgan fingerprint density at radius 1 is 1.07 bits per heavy atom. The number of carbonyl (C=O) groups excluding carboxylic acids is 1. The predicted octanol–water partition coefficient (Wildman–Crippen LogP) is 3.66. The second kappa shape index (κ2) is 10.9. The van der Waals surface area contributed by atoms with E-state index >= 15 is 0 Å². The van der Waals surface area contributed by atoms with E-state index in [4.69, 9.17) is 13.8 Å². The number of aryl methyl sites for hydroxylation is 1. The van der Waals surface area contributed by atoms with Gasteiger partial charge in [-0.15, -0.1) is 0 Å². The maximum Gasteiger partial charge on any atom is 0.358 e. The third-order valence-corrected chi connectivity index (χ3v) is 6.45. The van der Waals surface area contributed by atoms with Crippen molar-refractivity contribution in [3.63, 3.8) is 0 Å². The third-order valence-electron chi connectivity index (χ3n) is 3.15. The monoisotopic (exact) mass is 449 g/mol. The average molecular weight is 449 g/mol. The molecule has 29 heavy (non-hydrogen) atoms. The molecule has 0 fully saturated rings. The maximum absolute atomic E-state index is 13.0. The molecule has 0 heterocycles. The van der Waals surface area contributed by atoms with Gasteiger partial charge in [0.1, 0.15) is 11.1 Å². The molecule has 0 aromatic heterocycles. The zero-order valence-electron chi connectivity index (χ0n) is 17.4. The Labute approximate surface area is 172 Å². The fourth-order valence-corrected chi connectivity index (χ4v) is 4.89.